The van der Waals surface area contributed by atoms with Crippen LogP contribution in [0.5, 0.6) is 0 Å². The Labute approximate surface area is 80.0 Å². The zero-order valence-electron chi connectivity index (χ0n) is 7.66. The van der Waals surface area contributed by atoms with Crippen molar-refractivity contribution in [2.45, 2.75) is 13.3 Å². The van der Waals surface area contributed by atoms with E-state index in [0.717, 1.165) is 0 Å². The standard InChI is InChI=1S/C10H15PS/c1-3-9-11(2,12)10-7-5-4-6-8-10/h4-8H,3,9H2,1-2H3. The molecule has 0 aliphatic heterocycles. The Morgan fingerprint density at radius 2 is 1.83 bits per heavy atom. The van der Waals surface area contributed by atoms with Gasteiger partial charge in [0.05, 0.1) is 0 Å². The Bertz CT molecular complexity index is 279. The Kier molecular flexibility index (Phi) is 3.49. The second-order valence-corrected chi connectivity index (χ2v) is 8.74. The first-order valence-corrected chi connectivity index (χ1v) is 7.72. The van der Waals surface area contributed by atoms with E-state index in [0.29, 0.717) is 0 Å². The monoisotopic (exact) mass is 198 g/mol. The van der Waals surface area contributed by atoms with Crippen LogP contribution < -0.4 is 5.30 Å². The molecule has 0 N–H and O–H groups in total. The van der Waals surface area contributed by atoms with Gasteiger partial charge in [0.2, 0.25) is 0 Å². The quantitative estimate of drug-likeness (QED) is 0.673. The number of benzene rings is 1. The molecular formula is C10H15PS. The predicted octanol–water partition coefficient (Wildman–Crippen LogP) is 2.83. The normalized spacial score (nSPS) is 15.5. The van der Waals surface area contributed by atoms with E-state index in [1.807, 2.05) is 6.07 Å². The van der Waals surface area contributed by atoms with Gasteiger partial charge >= 0.3 is 0 Å². The molecule has 1 aromatic rings. The first-order chi connectivity index (χ1) is 5.67. The maximum absolute atomic E-state index is 5.62. The summed E-state index contributed by atoms with van der Waals surface area (Å²) in [6.45, 7) is 4.44. The van der Waals surface area contributed by atoms with Crippen LogP contribution in [0.2, 0.25) is 0 Å². The number of rotatable bonds is 3. The summed E-state index contributed by atoms with van der Waals surface area (Å²) in [4.78, 5) is 0. The van der Waals surface area contributed by atoms with Crippen molar-refractivity contribution < 1.29 is 0 Å². The largest absolute Gasteiger partial charge is 0.0928 e. The van der Waals surface area contributed by atoms with Gasteiger partial charge in [-0.05, 0) is 24.2 Å². The summed E-state index contributed by atoms with van der Waals surface area (Å²) < 4.78 is 0. The van der Waals surface area contributed by atoms with Crippen molar-refractivity contribution in [1.82, 2.24) is 0 Å². The zero-order valence-corrected chi connectivity index (χ0v) is 9.37. The van der Waals surface area contributed by atoms with Crippen molar-refractivity contribution in [2.24, 2.45) is 0 Å². The van der Waals surface area contributed by atoms with Gasteiger partial charge in [-0.15, -0.1) is 0 Å². The van der Waals surface area contributed by atoms with Gasteiger partial charge in [-0.1, -0.05) is 55.5 Å². The molecule has 1 aromatic carbocycles. The molecule has 0 radical (unpaired) electrons. The molecule has 0 nitrogen and oxygen atoms in total. The molecular weight excluding hydrogens is 183 g/mol. The van der Waals surface area contributed by atoms with E-state index >= 15 is 0 Å². The fraction of sp³-hybridized carbons (Fsp3) is 0.400. The molecule has 0 aliphatic carbocycles. The lowest BCUT2D eigenvalue weighted by molar-refractivity contribution is 1.10. The van der Waals surface area contributed by atoms with Crippen LogP contribution in [0.4, 0.5) is 0 Å². The lowest BCUT2D eigenvalue weighted by Crippen LogP contribution is -2.04. The molecule has 1 unspecified atom stereocenters. The molecule has 0 fully saturated rings. The summed E-state index contributed by atoms with van der Waals surface area (Å²) in [5.41, 5.74) is 0. The smallest absolute Gasteiger partial charge is 0.0145 e. The number of hydrogen-bond donors (Lipinski definition) is 0. The SMILES string of the molecule is CCCP(C)(=S)c1ccccc1. The van der Waals surface area contributed by atoms with E-state index in [4.69, 9.17) is 11.8 Å². The highest BCUT2D eigenvalue weighted by molar-refractivity contribution is 8.17. The summed E-state index contributed by atoms with van der Waals surface area (Å²) in [6, 6.07) is 9.32. The third-order valence-electron chi connectivity index (χ3n) is 1.95. The highest BCUT2D eigenvalue weighted by Gasteiger charge is 2.10. The van der Waals surface area contributed by atoms with E-state index < -0.39 is 6.04 Å². The summed E-state index contributed by atoms with van der Waals surface area (Å²) in [5.74, 6) is 0. The third-order valence-corrected chi connectivity index (χ3v) is 5.82. The second-order valence-electron chi connectivity index (χ2n) is 3.16. The molecule has 0 bridgehead atoms. The Morgan fingerprint density at radius 1 is 1.25 bits per heavy atom. The van der Waals surface area contributed by atoms with E-state index in [2.05, 4.69) is 37.9 Å². The highest BCUT2D eigenvalue weighted by atomic mass is 32.4. The van der Waals surface area contributed by atoms with Gasteiger partial charge in [0.15, 0.2) is 0 Å². The molecule has 0 amide bonds. The van der Waals surface area contributed by atoms with Crippen molar-refractivity contribution in [3.05, 3.63) is 30.3 Å². The predicted molar refractivity (Wildman–Crippen MR) is 61.4 cm³/mol. The van der Waals surface area contributed by atoms with Gasteiger partial charge in [0, 0.05) is 0 Å². The summed E-state index contributed by atoms with van der Waals surface area (Å²) >= 11 is 5.62. The molecule has 0 heterocycles. The average Bonchev–Trinajstić information content (AvgIpc) is 2.06. The van der Waals surface area contributed by atoms with Gasteiger partial charge in [-0.25, -0.2) is 0 Å². The molecule has 12 heavy (non-hydrogen) atoms. The molecule has 0 saturated heterocycles. The fourth-order valence-electron chi connectivity index (χ4n) is 1.30. The van der Waals surface area contributed by atoms with Gasteiger partial charge < -0.3 is 0 Å². The van der Waals surface area contributed by atoms with Crippen LogP contribution in [0.3, 0.4) is 0 Å². The topological polar surface area (TPSA) is 0 Å². The van der Waals surface area contributed by atoms with Gasteiger partial charge in [0.1, 0.15) is 0 Å². The lowest BCUT2D eigenvalue weighted by atomic mass is 10.4. The molecule has 1 rings (SSSR count). The Balaban J connectivity index is 2.90. The summed E-state index contributed by atoms with van der Waals surface area (Å²) in [5, 5.41) is 1.38. The van der Waals surface area contributed by atoms with Crippen LogP contribution in [0.25, 0.3) is 0 Å². The second kappa shape index (κ2) is 4.20. The lowest BCUT2D eigenvalue weighted by Gasteiger charge is -2.15. The number of hydrogen-bond acceptors (Lipinski definition) is 1. The first kappa shape index (κ1) is 9.95. The van der Waals surface area contributed by atoms with E-state index in [1.165, 1.54) is 17.9 Å². The molecule has 0 aromatic heterocycles. The minimum Gasteiger partial charge on any atom is -0.0928 e. The molecule has 66 valence electrons. The summed E-state index contributed by atoms with van der Waals surface area (Å²) in [6.07, 6.45) is 2.38. The first-order valence-electron chi connectivity index (χ1n) is 4.29. The van der Waals surface area contributed by atoms with Crippen molar-refractivity contribution in [2.75, 3.05) is 12.8 Å². The van der Waals surface area contributed by atoms with Crippen LogP contribution in [0.1, 0.15) is 13.3 Å². The van der Waals surface area contributed by atoms with E-state index in [1.54, 1.807) is 0 Å². The van der Waals surface area contributed by atoms with Gasteiger partial charge in [-0.3, -0.25) is 0 Å². The highest BCUT2D eigenvalue weighted by Crippen LogP contribution is 2.40. The Morgan fingerprint density at radius 3 is 2.33 bits per heavy atom. The van der Waals surface area contributed by atoms with Crippen molar-refractivity contribution in [3.8, 4) is 0 Å². The van der Waals surface area contributed by atoms with E-state index in [-0.39, 0.29) is 0 Å². The molecule has 0 spiro atoms. The summed E-state index contributed by atoms with van der Waals surface area (Å²) in [7, 11) is 0. The third kappa shape index (κ3) is 2.43. The Hall–Kier alpha value is -0.130. The molecule has 0 aliphatic rings. The molecule has 2 heteroatoms. The minimum absolute atomic E-state index is 1.19. The molecule has 1 atom stereocenters. The van der Waals surface area contributed by atoms with Crippen molar-refractivity contribution in [3.63, 3.8) is 0 Å². The van der Waals surface area contributed by atoms with Gasteiger partial charge in [0.25, 0.3) is 0 Å². The maximum atomic E-state index is 5.62. The maximum Gasteiger partial charge on any atom is -0.0145 e. The van der Waals surface area contributed by atoms with Crippen LogP contribution in [-0.4, -0.2) is 12.8 Å². The average molecular weight is 198 g/mol. The zero-order chi connectivity index (χ0) is 9.03. The van der Waals surface area contributed by atoms with Crippen LogP contribution in [0, 0.1) is 0 Å². The van der Waals surface area contributed by atoms with Crippen LogP contribution >= 0.6 is 6.04 Å². The van der Waals surface area contributed by atoms with E-state index in [9.17, 15) is 0 Å². The van der Waals surface area contributed by atoms with Gasteiger partial charge in [-0.2, -0.15) is 0 Å². The fourth-order valence-corrected chi connectivity index (χ4v) is 4.13. The minimum atomic E-state index is -1.21. The van der Waals surface area contributed by atoms with Crippen molar-refractivity contribution in [1.29, 1.82) is 0 Å². The molecule has 0 saturated carbocycles. The van der Waals surface area contributed by atoms with Crippen LogP contribution in [0.15, 0.2) is 30.3 Å². The van der Waals surface area contributed by atoms with Crippen LogP contribution in [-0.2, 0) is 11.8 Å². The van der Waals surface area contributed by atoms with Crippen molar-refractivity contribution >= 4 is 23.1 Å².